The molecule has 6 nitrogen and oxygen atoms in total. The highest BCUT2D eigenvalue weighted by molar-refractivity contribution is 5.65. The summed E-state index contributed by atoms with van der Waals surface area (Å²) in [6, 6.07) is 15.4. The molecule has 1 atom stereocenters. The predicted molar refractivity (Wildman–Crippen MR) is 123 cm³/mol. The molecule has 0 N–H and O–H groups in total. The zero-order chi connectivity index (χ0) is 21.4. The minimum absolute atomic E-state index is 0.226. The first-order valence-electron chi connectivity index (χ1n) is 10.8. The van der Waals surface area contributed by atoms with Gasteiger partial charge in [-0.1, -0.05) is 40.6 Å². The number of rotatable bonds is 4. The Balaban J connectivity index is 1.40. The molecule has 1 aliphatic heterocycles. The maximum atomic E-state index is 4.61. The Bertz CT molecular complexity index is 1180. The van der Waals surface area contributed by atoms with E-state index in [1.165, 1.54) is 16.7 Å². The second kappa shape index (κ2) is 8.21. The molecule has 0 aliphatic carbocycles. The van der Waals surface area contributed by atoms with Crippen molar-refractivity contribution in [3.05, 3.63) is 83.4 Å². The van der Waals surface area contributed by atoms with Gasteiger partial charge in [-0.05, 0) is 50.2 Å². The molecule has 1 saturated heterocycles. The van der Waals surface area contributed by atoms with Crippen molar-refractivity contribution in [3.8, 4) is 11.1 Å². The van der Waals surface area contributed by atoms with Crippen LogP contribution in [0.15, 0.2) is 61.1 Å². The van der Waals surface area contributed by atoms with Gasteiger partial charge in [-0.3, -0.25) is 14.8 Å². The van der Waals surface area contributed by atoms with Gasteiger partial charge in [0.05, 0.1) is 11.6 Å². The normalized spacial score (nSPS) is 18.0. The van der Waals surface area contributed by atoms with Crippen LogP contribution in [0.4, 0.5) is 0 Å². The molecule has 0 amide bonds. The lowest BCUT2D eigenvalue weighted by molar-refractivity contribution is 0.0889. The van der Waals surface area contributed by atoms with Gasteiger partial charge in [0.15, 0.2) is 0 Å². The highest BCUT2D eigenvalue weighted by Gasteiger charge is 2.29. The molecule has 1 aliphatic rings. The molecule has 4 heterocycles. The van der Waals surface area contributed by atoms with Crippen LogP contribution in [0.25, 0.3) is 16.6 Å². The lowest BCUT2D eigenvalue weighted by atomic mass is 10.0. The summed E-state index contributed by atoms with van der Waals surface area (Å²) in [4.78, 5) is 9.05. The van der Waals surface area contributed by atoms with E-state index in [4.69, 9.17) is 0 Å². The van der Waals surface area contributed by atoms with Crippen molar-refractivity contribution >= 4 is 5.52 Å². The van der Waals surface area contributed by atoms with Crippen LogP contribution < -0.4 is 0 Å². The third kappa shape index (κ3) is 4.09. The van der Waals surface area contributed by atoms with Gasteiger partial charge in [-0.2, -0.15) is 0 Å². The summed E-state index contributed by atoms with van der Waals surface area (Å²) >= 11 is 0. The van der Waals surface area contributed by atoms with Crippen LogP contribution in [-0.4, -0.2) is 56.3 Å². The van der Waals surface area contributed by atoms with Gasteiger partial charge in [0.2, 0.25) is 0 Å². The molecule has 31 heavy (non-hydrogen) atoms. The van der Waals surface area contributed by atoms with E-state index in [-0.39, 0.29) is 6.04 Å². The minimum Gasteiger partial charge on any atom is -0.296 e. The Morgan fingerprint density at radius 2 is 1.71 bits per heavy atom. The molecule has 0 saturated carbocycles. The number of likely N-dealkylation sites (N-methyl/N-ethyl adjacent to an activating group) is 1. The molecule has 3 aromatic heterocycles. The summed E-state index contributed by atoms with van der Waals surface area (Å²) in [6.07, 6.45) is 5.68. The highest BCUT2D eigenvalue weighted by atomic mass is 15.4. The Labute approximate surface area is 183 Å². The predicted octanol–water partition coefficient (Wildman–Crippen LogP) is 3.90. The molecule has 1 aromatic carbocycles. The van der Waals surface area contributed by atoms with Crippen molar-refractivity contribution in [2.24, 2.45) is 0 Å². The van der Waals surface area contributed by atoms with E-state index in [9.17, 15) is 0 Å². The molecular weight excluding hydrogens is 384 g/mol. The lowest BCUT2D eigenvalue weighted by Gasteiger charge is -2.38. The zero-order valence-corrected chi connectivity index (χ0v) is 18.4. The number of pyridine rings is 2. The first kappa shape index (κ1) is 19.8. The first-order chi connectivity index (χ1) is 15.1. The third-order valence-electron chi connectivity index (χ3n) is 6.19. The van der Waals surface area contributed by atoms with Crippen LogP contribution in [0.1, 0.15) is 28.4 Å². The summed E-state index contributed by atoms with van der Waals surface area (Å²) < 4.78 is 1.90. The van der Waals surface area contributed by atoms with Gasteiger partial charge >= 0.3 is 0 Å². The van der Waals surface area contributed by atoms with Gasteiger partial charge in [0.1, 0.15) is 5.69 Å². The van der Waals surface area contributed by atoms with Crippen molar-refractivity contribution in [2.75, 3.05) is 26.7 Å². The Morgan fingerprint density at radius 1 is 0.935 bits per heavy atom. The van der Waals surface area contributed by atoms with Crippen molar-refractivity contribution in [3.63, 3.8) is 0 Å². The number of benzene rings is 1. The van der Waals surface area contributed by atoms with Crippen LogP contribution in [-0.2, 0) is 6.54 Å². The first-order valence-corrected chi connectivity index (χ1v) is 10.8. The van der Waals surface area contributed by atoms with Crippen LogP contribution in [0.5, 0.6) is 0 Å². The second-order valence-corrected chi connectivity index (χ2v) is 8.69. The number of aryl methyl sites for hydroxylation is 2. The third-order valence-corrected chi connectivity index (χ3v) is 6.19. The molecule has 0 radical (unpaired) electrons. The quantitative estimate of drug-likeness (QED) is 0.509. The largest absolute Gasteiger partial charge is 0.296 e. The number of fused-ring (bicyclic) bond motifs is 1. The zero-order valence-electron chi connectivity index (χ0n) is 18.4. The molecule has 0 spiro atoms. The maximum Gasteiger partial charge on any atom is 0.109 e. The summed E-state index contributed by atoms with van der Waals surface area (Å²) in [7, 11) is 2.19. The number of nitrogens with zero attached hydrogens (tertiary/aromatic N) is 6. The summed E-state index contributed by atoms with van der Waals surface area (Å²) in [6.45, 7) is 8.34. The summed E-state index contributed by atoms with van der Waals surface area (Å²) in [5.41, 5.74) is 8.40. The van der Waals surface area contributed by atoms with Crippen molar-refractivity contribution in [1.82, 2.24) is 29.6 Å². The van der Waals surface area contributed by atoms with Crippen LogP contribution in [0.2, 0.25) is 0 Å². The van der Waals surface area contributed by atoms with Crippen molar-refractivity contribution < 1.29 is 0 Å². The number of hydrogen-bond donors (Lipinski definition) is 0. The monoisotopic (exact) mass is 412 g/mol. The average molecular weight is 413 g/mol. The minimum atomic E-state index is 0.226. The fourth-order valence-corrected chi connectivity index (χ4v) is 4.65. The van der Waals surface area contributed by atoms with Gasteiger partial charge < -0.3 is 0 Å². The van der Waals surface area contributed by atoms with Gasteiger partial charge in [-0.15, -0.1) is 5.10 Å². The van der Waals surface area contributed by atoms with Crippen LogP contribution in [0, 0.1) is 13.8 Å². The van der Waals surface area contributed by atoms with Crippen molar-refractivity contribution in [1.29, 1.82) is 0 Å². The van der Waals surface area contributed by atoms with E-state index in [0.29, 0.717) is 0 Å². The standard InChI is InChI=1S/C25H28N6/c1-18-12-19(2)14-20(13-18)15-30-11-10-29(3)24(17-30)25-23-5-4-22(16-31(23)28-27-25)21-6-8-26-9-7-21/h4-9,12-14,16,24H,10-11,15,17H2,1-3H3. The Morgan fingerprint density at radius 3 is 2.48 bits per heavy atom. The Kier molecular flexibility index (Phi) is 5.26. The highest BCUT2D eigenvalue weighted by Crippen LogP contribution is 2.28. The average Bonchev–Trinajstić information content (AvgIpc) is 3.18. The fraction of sp³-hybridized carbons (Fsp3) is 0.320. The molecule has 4 aromatic rings. The van der Waals surface area contributed by atoms with Crippen LogP contribution >= 0.6 is 0 Å². The van der Waals surface area contributed by atoms with E-state index < -0.39 is 0 Å². The molecule has 158 valence electrons. The van der Waals surface area contributed by atoms with Gasteiger partial charge in [-0.25, -0.2) is 4.52 Å². The smallest absolute Gasteiger partial charge is 0.109 e. The lowest BCUT2D eigenvalue weighted by Crippen LogP contribution is -2.46. The topological polar surface area (TPSA) is 49.6 Å². The molecular formula is C25H28N6. The van der Waals surface area contributed by atoms with Crippen molar-refractivity contribution in [2.45, 2.75) is 26.4 Å². The molecule has 1 unspecified atom stereocenters. The molecule has 1 fully saturated rings. The molecule has 6 heteroatoms. The summed E-state index contributed by atoms with van der Waals surface area (Å²) in [5, 5.41) is 9.06. The maximum absolute atomic E-state index is 4.61. The van der Waals surface area contributed by atoms with Gasteiger partial charge in [0, 0.05) is 50.3 Å². The summed E-state index contributed by atoms with van der Waals surface area (Å²) in [5.74, 6) is 0. The van der Waals surface area contributed by atoms with E-state index in [1.54, 1.807) is 0 Å². The van der Waals surface area contributed by atoms with Crippen LogP contribution in [0.3, 0.4) is 0 Å². The van der Waals surface area contributed by atoms with Gasteiger partial charge in [0.25, 0.3) is 0 Å². The SMILES string of the molecule is Cc1cc(C)cc(CN2CCN(C)C(c3nnn4cc(-c5ccncc5)ccc34)C2)c1. The van der Waals surface area contributed by atoms with E-state index >= 15 is 0 Å². The number of piperazine rings is 1. The number of hydrogen-bond acceptors (Lipinski definition) is 5. The molecule has 5 rings (SSSR count). The molecule has 0 bridgehead atoms. The van der Waals surface area contributed by atoms with E-state index in [1.807, 2.05) is 29.0 Å². The Hall–Kier alpha value is -3.09. The van der Waals surface area contributed by atoms with E-state index in [2.05, 4.69) is 82.5 Å². The second-order valence-electron chi connectivity index (χ2n) is 8.69. The van der Waals surface area contributed by atoms with E-state index in [0.717, 1.165) is 48.5 Å². The fourth-order valence-electron chi connectivity index (χ4n) is 4.65. The number of aromatic nitrogens is 4.